The summed E-state index contributed by atoms with van der Waals surface area (Å²) >= 11 is 4.74. The van der Waals surface area contributed by atoms with Gasteiger partial charge >= 0.3 is 0 Å². The Labute approximate surface area is 166 Å². The Kier molecular flexibility index (Phi) is 4.36. The Morgan fingerprint density at radius 2 is 1.63 bits per heavy atom. The van der Waals surface area contributed by atoms with Crippen molar-refractivity contribution in [2.75, 3.05) is 5.43 Å². The van der Waals surface area contributed by atoms with Gasteiger partial charge in [-0.05, 0) is 48.2 Å². The SMILES string of the molecule is C(=N/Nc1nc2ccccc2s1)/c1ccc(Sc2nc3ccccc3s2)o1. The quantitative estimate of drug-likeness (QED) is 0.281. The third-order valence-electron chi connectivity index (χ3n) is 3.71. The van der Waals surface area contributed by atoms with E-state index < -0.39 is 0 Å². The molecule has 0 unspecified atom stereocenters. The molecule has 1 N–H and O–H groups in total. The number of nitrogens with zero attached hydrogens (tertiary/aromatic N) is 3. The Morgan fingerprint density at radius 1 is 0.889 bits per heavy atom. The minimum absolute atomic E-state index is 0.673. The minimum Gasteiger partial charge on any atom is -0.448 e. The highest BCUT2D eigenvalue weighted by molar-refractivity contribution is 8.01. The molecule has 0 fully saturated rings. The van der Waals surface area contributed by atoms with Crippen molar-refractivity contribution < 1.29 is 4.42 Å². The maximum atomic E-state index is 5.80. The topological polar surface area (TPSA) is 63.3 Å². The third-order valence-corrected chi connectivity index (χ3v) is 6.67. The van der Waals surface area contributed by atoms with Crippen molar-refractivity contribution in [3.8, 4) is 0 Å². The van der Waals surface area contributed by atoms with Gasteiger partial charge in [-0.25, -0.2) is 9.97 Å². The molecule has 5 aromatic rings. The molecule has 5 nitrogen and oxygen atoms in total. The van der Waals surface area contributed by atoms with Gasteiger partial charge in [0.1, 0.15) is 5.76 Å². The standard InChI is InChI=1S/C19H12N4OS3/c1-3-7-15-13(5-1)21-18(25-15)23-20-11-12-9-10-17(24-12)27-19-22-14-6-2-4-8-16(14)26-19/h1-11H,(H,21,23)/b20-11-. The first kappa shape index (κ1) is 16.5. The van der Waals surface area contributed by atoms with E-state index in [0.717, 1.165) is 30.3 Å². The normalized spacial score (nSPS) is 11.7. The number of hydrogen-bond donors (Lipinski definition) is 1. The molecule has 3 aromatic heterocycles. The molecule has 0 aliphatic rings. The van der Waals surface area contributed by atoms with Gasteiger partial charge in [-0.15, -0.1) is 11.3 Å². The van der Waals surface area contributed by atoms with Gasteiger partial charge in [-0.1, -0.05) is 35.6 Å². The summed E-state index contributed by atoms with van der Waals surface area (Å²) in [6.45, 7) is 0. The van der Waals surface area contributed by atoms with Crippen LogP contribution in [0.5, 0.6) is 0 Å². The first-order valence-corrected chi connectivity index (χ1v) is 10.6. The average Bonchev–Trinajstić information content (AvgIpc) is 3.39. The van der Waals surface area contributed by atoms with Crippen molar-refractivity contribution in [1.29, 1.82) is 0 Å². The summed E-state index contributed by atoms with van der Waals surface area (Å²) in [6.07, 6.45) is 1.65. The van der Waals surface area contributed by atoms with Gasteiger partial charge < -0.3 is 4.42 Å². The highest BCUT2D eigenvalue weighted by Crippen LogP contribution is 2.35. The van der Waals surface area contributed by atoms with Crippen LogP contribution in [-0.4, -0.2) is 16.2 Å². The first-order valence-electron chi connectivity index (χ1n) is 8.11. The van der Waals surface area contributed by atoms with Crippen LogP contribution in [-0.2, 0) is 0 Å². The number of thiazole rings is 2. The summed E-state index contributed by atoms with van der Waals surface area (Å²) in [6, 6.07) is 19.9. The Bertz CT molecular complexity index is 1190. The fraction of sp³-hybridized carbons (Fsp3) is 0. The molecule has 3 heterocycles. The molecule has 0 aliphatic carbocycles. The van der Waals surface area contributed by atoms with Crippen molar-refractivity contribution in [3.63, 3.8) is 0 Å². The average molecular weight is 409 g/mol. The van der Waals surface area contributed by atoms with E-state index in [-0.39, 0.29) is 0 Å². The van der Waals surface area contributed by atoms with Crippen molar-refractivity contribution in [3.05, 3.63) is 66.4 Å². The van der Waals surface area contributed by atoms with Gasteiger partial charge in [0, 0.05) is 0 Å². The second-order valence-corrected chi connectivity index (χ2v) is 8.88. The molecule has 0 bridgehead atoms. The van der Waals surface area contributed by atoms with Gasteiger partial charge in [0.15, 0.2) is 9.43 Å². The molecule has 0 aliphatic heterocycles. The minimum atomic E-state index is 0.673. The summed E-state index contributed by atoms with van der Waals surface area (Å²) in [5.41, 5.74) is 4.94. The van der Waals surface area contributed by atoms with Crippen LogP contribution in [0.2, 0.25) is 0 Å². The Hall–Kier alpha value is -2.68. The summed E-state index contributed by atoms with van der Waals surface area (Å²) in [5.74, 6) is 0.673. The molecular weight excluding hydrogens is 396 g/mol. The number of fused-ring (bicyclic) bond motifs is 2. The molecule has 0 spiro atoms. The van der Waals surface area contributed by atoms with Crippen molar-refractivity contribution >= 4 is 66.2 Å². The smallest absolute Gasteiger partial charge is 0.204 e. The van der Waals surface area contributed by atoms with Crippen molar-refractivity contribution in [2.24, 2.45) is 5.10 Å². The van der Waals surface area contributed by atoms with Crippen molar-refractivity contribution in [1.82, 2.24) is 9.97 Å². The van der Waals surface area contributed by atoms with E-state index in [4.69, 9.17) is 4.42 Å². The van der Waals surface area contributed by atoms with Crippen LogP contribution >= 0.6 is 34.4 Å². The number of hydrazone groups is 1. The van der Waals surface area contributed by atoms with E-state index in [0.29, 0.717) is 5.76 Å². The second-order valence-electron chi connectivity index (χ2n) is 5.56. The lowest BCUT2D eigenvalue weighted by Gasteiger charge is -1.92. The fourth-order valence-electron chi connectivity index (χ4n) is 2.51. The van der Waals surface area contributed by atoms with Gasteiger partial charge in [-0.2, -0.15) is 5.10 Å². The second kappa shape index (κ2) is 7.15. The maximum Gasteiger partial charge on any atom is 0.204 e. The molecule has 2 aromatic carbocycles. The third kappa shape index (κ3) is 3.59. The summed E-state index contributed by atoms with van der Waals surface area (Å²) in [4.78, 5) is 9.09. The first-order chi connectivity index (χ1) is 13.3. The number of anilines is 1. The lowest BCUT2D eigenvalue weighted by molar-refractivity contribution is 0.469. The molecule has 27 heavy (non-hydrogen) atoms. The van der Waals surface area contributed by atoms with Crippen LogP contribution in [0.25, 0.3) is 20.4 Å². The highest BCUT2D eigenvalue weighted by atomic mass is 32.2. The molecule has 0 radical (unpaired) electrons. The van der Waals surface area contributed by atoms with Gasteiger partial charge in [0.2, 0.25) is 5.13 Å². The molecule has 0 saturated heterocycles. The number of hydrogen-bond acceptors (Lipinski definition) is 8. The zero-order chi connectivity index (χ0) is 18.1. The van der Waals surface area contributed by atoms with E-state index in [1.807, 2.05) is 54.6 Å². The van der Waals surface area contributed by atoms with Gasteiger partial charge in [-0.3, -0.25) is 5.43 Å². The van der Waals surface area contributed by atoms with E-state index in [1.165, 1.54) is 16.5 Å². The molecule has 0 amide bonds. The zero-order valence-corrected chi connectivity index (χ0v) is 16.3. The van der Waals surface area contributed by atoms with Crippen LogP contribution in [0.15, 0.2) is 79.6 Å². The van der Waals surface area contributed by atoms with Gasteiger partial charge in [0.05, 0.1) is 26.6 Å². The molecular formula is C19H12N4OS3. The fourth-order valence-corrected chi connectivity index (χ4v) is 5.30. The molecule has 0 saturated carbocycles. The lowest BCUT2D eigenvalue weighted by atomic mass is 10.3. The summed E-state index contributed by atoms with van der Waals surface area (Å²) in [5, 5.41) is 5.76. The zero-order valence-electron chi connectivity index (χ0n) is 13.8. The number of rotatable bonds is 5. The number of benzene rings is 2. The number of nitrogens with one attached hydrogen (secondary N) is 1. The lowest BCUT2D eigenvalue weighted by Crippen LogP contribution is -1.88. The van der Waals surface area contributed by atoms with E-state index in [1.54, 1.807) is 28.9 Å². The number of para-hydroxylation sites is 2. The molecule has 5 rings (SSSR count). The van der Waals surface area contributed by atoms with Gasteiger partial charge in [0.25, 0.3) is 0 Å². The number of aromatic nitrogens is 2. The van der Waals surface area contributed by atoms with E-state index in [9.17, 15) is 0 Å². The van der Waals surface area contributed by atoms with Crippen LogP contribution in [0.1, 0.15) is 5.76 Å². The largest absolute Gasteiger partial charge is 0.448 e. The monoisotopic (exact) mass is 408 g/mol. The van der Waals surface area contributed by atoms with Crippen LogP contribution < -0.4 is 5.43 Å². The predicted molar refractivity (Wildman–Crippen MR) is 113 cm³/mol. The molecule has 8 heteroatoms. The molecule has 132 valence electrons. The van der Waals surface area contributed by atoms with Crippen LogP contribution in [0.3, 0.4) is 0 Å². The number of furan rings is 1. The summed E-state index contributed by atoms with van der Waals surface area (Å²) < 4.78 is 9.07. The maximum absolute atomic E-state index is 5.80. The highest BCUT2D eigenvalue weighted by Gasteiger charge is 2.08. The van der Waals surface area contributed by atoms with E-state index in [2.05, 4.69) is 26.6 Å². The van der Waals surface area contributed by atoms with Crippen molar-refractivity contribution in [2.45, 2.75) is 9.43 Å². The molecule has 0 atom stereocenters. The van der Waals surface area contributed by atoms with Crippen LogP contribution in [0, 0.1) is 0 Å². The van der Waals surface area contributed by atoms with Crippen LogP contribution in [0.4, 0.5) is 5.13 Å². The predicted octanol–water partition coefficient (Wildman–Crippen LogP) is 6.10. The Balaban J connectivity index is 1.26. The Morgan fingerprint density at radius 3 is 2.41 bits per heavy atom. The van der Waals surface area contributed by atoms with E-state index >= 15 is 0 Å². The summed E-state index contributed by atoms with van der Waals surface area (Å²) in [7, 11) is 0.